The molecule has 1 aliphatic rings. The van der Waals surface area contributed by atoms with E-state index in [9.17, 15) is 14.7 Å². The quantitative estimate of drug-likeness (QED) is 0.793. The monoisotopic (exact) mass is 357 g/mol. The lowest BCUT2D eigenvalue weighted by Crippen LogP contribution is -2.45. The molecule has 1 aromatic heterocycles. The molecule has 0 radical (unpaired) electrons. The molecule has 26 heavy (non-hydrogen) atoms. The molecular weight excluding hydrogens is 334 g/mol. The van der Waals surface area contributed by atoms with Crippen LogP contribution < -0.4 is 10.1 Å². The van der Waals surface area contributed by atoms with Crippen molar-refractivity contribution in [3.05, 3.63) is 53.0 Å². The first-order valence-corrected chi connectivity index (χ1v) is 8.78. The van der Waals surface area contributed by atoms with Gasteiger partial charge < -0.3 is 19.6 Å². The number of furan rings is 1. The van der Waals surface area contributed by atoms with Gasteiger partial charge in [-0.25, -0.2) is 4.79 Å². The zero-order chi connectivity index (χ0) is 18.7. The topological polar surface area (TPSA) is 88.8 Å². The summed E-state index contributed by atoms with van der Waals surface area (Å²) >= 11 is 0. The van der Waals surface area contributed by atoms with Crippen molar-refractivity contribution in [3.8, 4) is 5.75 Å². The third kappa shape index (κ3) is 3.19. The smallest absolute Gasteiger partial charge is 0.339 e. The fourth-order valence-electron chi connectivity index (χ4n) is 3.55. The van der Waals surface area contributed by atoms with E-state index >= 15 is 0 Å². The van der Waals surface area contributed by atoms with Crippen molar-refractivity contribution in [2.24, 2.45) is 0 Å². The Kier molecular flexibility index (Phi) is 5.02. The number of hydrogen-bond acceptors (Lipinski definition) is 4. The molecule has 0 aliphatic heterocycles. The molecule has 1 heterocycles. The van der Waals surface area contributed by atoms with Crippen molar-refractivity contribution in [2.45, 2.75) is 38.0 Å². The van der Waals surface area contributed by atoms with E-state index in [1.165, 1.54) is 6.07 Å². The number of hydrogen-bond donors (Lipinski definition) is 2. The first-order valence-electron chi connectivity index (χ1n) is 8.78. The van der Waals surface area contributed by atoms with E-state index < -0.39 is 11.9 Å². The molecule has 0 spiro atoms. The molecule has 1 saturated carbocycles. The Morgan fingerprint density at radius 3 is 2.58 bits per heavy atom. The van der Waals surface area contributed by atoms with Gasteiger partial charge in [0.1, 0.15) is 17.1 Å². The lowest BCUT2D eigenvalue weighted by Gasteiger charge is -2.43. The summed E-state index contributed by atoms with van der Waals surface area (Å²) in [6.45, 7) is 2.24. The summed E-state index contributed by atoms with van der Waals surface area (Å²) in [5.74, 6) is -0.317. The van der Waals surface area contributed by atoms with E-state index in [1.54, 1.807) is 14.0 Å². The number of carbonyl (C=O) groups excluding carboxylic acids is 1. The minimum Gasteiger partial charge on any atom is -0.496 e. The second-order valence-electron chi connectivity index (χ2n) is 6.62. The molecule has 138 valence electrons. The van der Waals surface area contributed by atoms with E-state index in [0.29, 0.717) is 18.7 Å². The Bertz CT molecular complexity index is 819. The first kappa shape index (κ1) is 18.0. The second-order valence-corrected chi connectivity index (χ2v) is 6.62. The molecule has 3 rings (SSSR count). The van der Waals surface area contributed by atoms with Gasteiger partial charge >= 0.3 is 5.97 Å². The van der Waals surface area contributed by atoms with Crippen LogP contribution in [0.1, 0.15) is 58.4 Å². The highest BCUT2D eigenvalue weighted by atomic mass is 16.5. The molecule has 6 nitrogen and oxygen atoms in total. The van der Waals surface area contributed by atoms with Crippen LogP contribution in [0.15, 0.2) is 34.7 Å². The number of aromatic carboxylic acids is 1. The van der Waals surface area contributed by atoms with Crippen LogP contribution in [0.2, 0.25) is 0 Å². The average Bonchev–Trinajstić information content (AvgIpc) is 3.06. The van der Waals surface area contributed by atoms with E-state index in [-0.39, 0.29) is 16.7 Å². The maximum atomic E-state index is 12.5. The largest absolute Gasteiger partial charge is 0.496 e. The number of carboxylic acids is 1. The molecule has 2 N–H and O–H groups in total. The molecule has 0 unspecified atom stereocenters. The van der Waals surface area contributed by atoms with E-state index in [2.05, 4.69) is 5.32 Å². The van der Waals surface area contributed by atoms with Gasteiger partial charge in [-0.15, -0.1) is 0 Å². The molecule has 1 aromatic carbocycles. The summed E-state index contributed by atoms with van der Waals surface area (Å²) in [4.78, 5) is 23.7. The van der Waals surface area contributed by atoms with Gasteiger partial charge in [0.25, 0.3) is 5.91 Å². The van der Waals surface area contributed by atoms with Crippen LogP contribution in [0.5, 0.6) is 5.75 Å². The second kappa shape index (κ2) is 7.23. The van der Waals surface area contributed by atoms with Gasteiger partial charge in [0.15, 0.2) is 5.76 Å². The molecular formula is C20H23NO5. The van der Waals surface area contributed by atoms with Crippen LogP contribution in [-0.4, -0.2) is 30.6 Å². The highest BCUT2D eigenvalue weighted by Gasteiger charge is 2.41. The molecule has 1 aliphatic carbocycles. The predicted molar refractivity (Wildman–Crippen MR) is 95.9 cm³/mol. The van der Waals surface area contributed by atoms with Gasteiger partial charge in [0.05, 0.1) is 7.11 Å². The van der Waals surface area contributed by atoms with E-state index in [4.69, 9.17) is 9.15 Å². The lowest BCUT2D eigenvalue weighted by atomic mass is 9.64. The molecule has 1 fully saturated rings. The van der Waals surface area contributed by atoms with Crippen molar-refractivity contribution >= 4 is 11.9 Å². The highest BCUT2D eigenvalue weighted by molar-refractivity contribution is 5.96. The highest BCUT2D eigenvalue weighted by Crippen LogP contribution is 2.46. The van der Waals surface area contributed by atoms with Gasteiger partial charge in [-0.05, 0) is 18.9 Å². The van der Waals surface area contributed by atoms with E-state index in [0.717, 1.165) is 30.6 Å². The predicted octanol–water partition coefficient (Wildman–Crippen LogP) is 3.40. The average molecular weight is 357 g/mol. The molecule has 1 amide bonds. The van der Waals surface area contributed by atoms with Crippen LogP contribution in [0, 0.1) is 0 Å². The molecule has 6 heteroatoms. The van der Waals surface area contributed by atoms with Crippen molar-refractivity contribution in [1.29, 1.82) is 0 Å². The summed E-state index contributed by atoms with van der Waals surface area (Å²) in [7, 11) is 1.65. The molecule has 2 aromatic rings. The number of nitrogens with one attached hydrogen (secondary N) is 1. The first-order chi connectivity index (χ1) is 12.5. The Balaban J connectivity index is 1.77. The standard InChI is InChI=1S/C20H23NO5/c1-3-15-13(19(23)24)11-17(26-15)18(22)21-12-20(9-6-10-20)14-7-4-5-8-16(14)25-2/h4-5,7-8,11H,3,6,9-10,12H2,1-2H3,(H,21,22)(H,23,24). The Morgan fingerprint density at radius 2 is 2.04 bits per heavy atom. The number of aryl methyl sites for hydroxylation is 1. The van der Waals surface area contributed by atoms with Crippen molar-refractivity contribution in [3.63, 3.8) is 0 Å². The zero-order valence-corrected chi connectivity index (χ0v) is 15.0. The Labute approximate surface area is 152 Å². The van der Waals surface area contributed by atoms with Crippen LogP contribution in [-0.2, 0) is 11.8 Å². The van der Waals surface area contributed by atoms with Gasteiger partial charge in [-0.1, -0.05) is 31.5 Å². The molecule has 0 atom stereocenters. The fraction of sp³-hybridized carbons (Fsp3) is 0.400. The number of carbonyl (C=O) groups is 2. The number of para-hydroxylation sites is 1. The number of benzene rings is 1. The van der Waals surface area contributed by atoms with Gasteiger partial charge in [0, 0.05) is 30.0 Å². The van der Waals surface area contributed by atoms with E-state index in [1.807, 2.05) is 24.3 Å². The minimum absolute atomic E-state index is 0.0359. The molecule has 0 saturated heterocycles. The normalized spacial score (nSPS) is 15.2. The fourth-order valence-corrected chi connectivity index (χ4v) is 3.55. The van der Waals surface area contributed by atoms with Crippen LogP contribution in [0.3, 0.4) is 0 Å². The Hall–Kier alpha value is -2.76. The number of carboxylic acid groups (broad SMARTS) is 1. The van der Waals surface area contributed by atoms with Gasteiger partial charge in [-0.2, -0.15) is 0 Å². The maximum Gasteiger partial charge on any atom is 0.339 e. The maximum absolute atomic E-state index is 12.5. The van der Waals surface area contributed by atoms with Crippen LogP contribution in [0.25, 0.3) is 0 Å². The summed E-state index contributed by atoms with van der Waals surface area (Å²) < 4.78 is 10.9. The summed E-state index contributed by atoms with van der Waals surface area (Å²) in [5.41, 5.74) is 0.979. The van der Waals surface area contributed by atoms with Crippen molar-refractivity contribution in [1.82, 2.24) is 5.32 Å². The van der Waals surface area contributed by atoms with Gasteiger partial charge in [-0.3, -0.25) is 4.79 Å². The van der Waals surface area contributed by atoms with Gasteiger partial charge in [0.2, 0.25) is 0 Å². The lowest BCUT2D eigenvalue weighted by molar-refractivity contribution is 0.0694. The SMILES string of the molecule is CCc1oc(C(=O)NCC2(c3ccccc3OC)CCC2)cc1C(=O)O. The zero-order valence-electron chi connectivity index (χ0n) is 15.0. The summed E-state index contributed by atoms with van der Waals surface area (Å²) in [6.07, 6.45) is 3.44. The summed E-state index contributed by atoms with van der Waals surface area (Å²) in [5, 5.41) is 12.1. The van der Waals surface area contributed by atoms with Crippen molar-refractivity contribution < 1.29 is 23.8 Å². The van der Waals surface area contributed by atoms with Crippen LogP contribution >= 0.6 is 0 Å². The number of rotatable bonds is 7. The summed E-state index contributed by atoms with van der Waals surface area (Å²) in [6, 6.07) is 9.16. The van der Waals surface area contributed by atoms with Crippen molar-refractivity contribution in [2.75, 3.05) is 13.7 Å². The third-order valence-electron chi connectivity index (χ3n) is 5.16. The third-order valence-corrected chi connectivity index (χ3v) is 5.16. The number of amides is 1. The number of ether oxygens (including phenoxy) is 1. The van der Waals surface area contributed by atoms with Crippen LogP contribution in [0.4, 0.5) is 0 Å². The number of methoxy groups -OCH3 is 1. The minimum atomic E-state index is -1.09. The molecule has 0 bridgehead atoms. The Morgan fingerprint density at radius 1 is 1.31 bits per heavy atom.